The molecule has 29 heavy (non-hydrogen) atoms. The Morgan fingerprint density at radius 1 is 1.34 bits per heavy atom. The Bertz CT molecular complexity index is 884. The van der Waals surface area contributed by atoms with E-state index in [2.05, 4.69) is 44.2 Å². The second-order valence-corrected chi connectivity index (χ2v) is 8.88. The molecule has 0 atom stereocenters. The number of carbonyl (C=O) groups excluding carboxylic acids is 1. The Balaban J connectivity index is 1.50. The van der Waals surface area contributed by atoms with Crippen LogP contribution < -0.4 is 14.8 Å². The van der Waals surface area contributed by atoms with Crippen molar-refractivity contribution in [1.29, 1.82) is 0 Å². The first-order valence-electron chi connectivity index (χ1n) is 10.4. The first-order valence-corrected chi connectivity index (χ1v) is 10.4. The fourth-order valence-corrected chi connectivity index (χ4v) is 3.79. The van der Waals surface area contributed by atoms with Crippen molar-refractivity contribution in [3.05, 3.63) is 40.7 Å². The number of hydrogen-bond acceptors (Lipinski definition) is 4. The molecular weight excluding hydrogens is 366 g/mol. The van der Waals surface area contributed by atoms with Crippen molar-refractivity contribution in [3.8, 4) is 11.5 Å². The molecule has 0 saturated heterocycles. The second kappa shape index (κ2) is 8.47. The van der Waals surface area contributed by atoms with Crippen molar-refractivity contribution in [3.63, 3.8) is 0 Å². The summed E-state index contributed by atoms with van der Waals surface area (Å²) in [4.78, 5) is 12.4. The number of hydrogen-bond donors (Lipinski definition) is 1. The molecule has 0 radical (unpaired) electrons. The molecule has 0 spiro atoms. The van der Waals surface area contributed by atoms with Gasteiger partial charge in [-0.25, -0.2) is 0 Å². The third-order valence-corrected chi connectivity index (χ3v) is 5.14. The molecule has 6 nitrogen and oxygen atoms in total. The largest absolute Gasteiger partial charge is 0.488 e. The minimum absolute atomic E-state index is 0.0143. The minimum atomic E-state index is -0.203. The Kier molecular flexibility index (Phi) is 6.20. The van der Waals surface area contributed by atoms with Crippen LogP contribution >= 0.6 is 0 Å². The van der Waals surface area contributed by atoms with Crippen molar-refractivity contribution in [1.82, 2.24) is 15.1 Å². The molecule has 6 heteroatoms. The zero-order valence-corrected chi connectivity index (χ0v) is 18.5. The number of ether oxygens (including phenoxy) is 2. The number of aromatic nitrogens is 2. The van der Waals surface area contributed by atoms with Crippen molar-refractivity contribution >= 4 is 5.91 Å². The van der Waals surface area contributed by atoms with E-state index in [4.69, 9.17) is 9.47 Å². The Labute approximate surface area is 173 Å². The van der Waals surface area contributed by atoms with Gasteiger partial charge in [0.1, 0.15) is 12.2 Å². The van der Waals surface area contributed by atoms with Crippen LogP contribution in [0.25, 0.3) is 0 Å². The van der Waals surface area contributed by atoms with Gasteiger partial charge in [0.25, 0.3) is 0 Å². The van der Waals surface area contributed by atoms with E-state index < -0.39 is 0 Å². The van der Waals surface area contributed by atoms with Gasteiger partial charge in [-0.15, -0.1) is 0 Å². The zero-order chi connectivity index (χ0) is 21.2. The van der Waals surface area contributed by atoms with Gasteiger partial charge < -0.3 is 14.8 Å². The predicted octanol–water partition coefficient (Wildman–Crippen LogP) is 3.61. The second-order valence-electron chi connectivity index (χ2n) is 8.88. The smallest absolute Gasteiger partial charge is 0.224 e. The summed E-state index contributed by atoms with van der Waals surface area (Å²) in [6.45, 7) is 14.2. The maximum absolute atomic E-state index is 12.4. The molecule has 1 aliphatic rings. The molecule has 0 saturated carbocycles. The van der Waals surface area contributed by atoms with Crippen LogP contribution in [0, 0.1) is 19.8 Å². The fourth-order valence-electron chi connectivity index (χ4n) is 3.79. The summed E-state index contributed by atoms with van der Waals surface area (Å²) in [5, 5.41) is 7.53. The third-order valence-electron chi connectivity index (χ3n) is 5.14. The number of carbonyl (C=O) groups is 1. The summed E-state index contributed by atoms with van der Waals surface area (Å²) in [5.74, 6) is 2.07. The molecule has 0 aliphatic carbocycles. The lowest BCUT2D eigenvalue weighted by Crippen LogP contribution is -2.29. The van der Waals surface area contributed by atoms with Crippen LogP contribution in [0.4, 0.5) is 0 Å². The Morgan fingerprint density at radius 2 is 2.10 bits per heavy atom. The van der Waals surface area contributed by atoms with E-state index in [9.17, 15) is 4.79 Å². The van der Waals surface area contributed by atoms with Crippen LogP contribution in [0.5, 0.6) is 11.5 Å². The summed E-state index contributed by atoms with van der Waals surface area (Å²) in [7, 11) is 0. The Hall–Kier alpha value is -2.50. The van der Waals surface area contributed by atoms with E-state index in [0.717, 1.165) is 41.4 Å². The standard InChI is InChI=1S/C23H33N3O3/c1-15(2)14-26-17(4)19(16(3)25-26)12-21(27)24-10-11-28-20-9-7-8-18-13-23(5,6)29-22(18)20/h7-9,15H,10-14H2,1-6H3,(H,24,27). The number of aryl methyl sites for hydroxylation is 1. The molecule has 0 bridgehead atoms. The van der Waals surface area contributed by atoms with E-state index in [1.807, 2.05) is 30.7 Å². The molecule has 0 fully saturated rings. The molecule has 2 heterocycles. The molecular formula is C23H33N3O3. The van der Waals surface area contributed by atoms with Crippen LogP contribution in [0.1, 0.15) is 50.2 Å². The van der Waals surface area contributed by atoms with Gasteiger partial charge in [-0.3, -0.25) is 9.48 Å². The van der Waals surface area contributed by atoms with Crippen LogP contribution in [0.2, 0.25) is 0 Å². The van der Waals surface area contributed by atoms with Crippen molar-refractivity contribution in [2.75, 3.05) is 13.2 Å². The molecule has 1 aromatic heterocycles. The summed E-state index contributed by atoms with van der Waals surface area (Å²) < 4.78 is 13.9. The SMILES string of the molecule is Cc1nn(CC(C)C)c(C)c1CC(=O)NCCOc1cccc2c1OC(C)(C)C2. The fraction of sp³-hybridized carbons (Fsp3) is 0.565. The normalized spacial score (nSPS) is 14.6. The number of benzene rings is 1. The van der Waals surface area contributed by atoms with Gasteiger partial charge in [-0.2, -0.15) is 5.10 Å². The first-order chi connectivity index (χ1) is 13.7. The number of rotatable bonds is 8. The minimum Gasteiger partial charge on any atom is -0.488 e. The van der Waals surface area contributed by atoms with Gasteiger partial charge in [0.05, 0.1) is 18.7 Å². The number of nitrogens with one attached hydrogen (secondary N) is 1. The number of nitrogens with zero attached hydrogens (tertiary/aromatic N) is 2. The van der Waals surface area contributed by atoms with E-state index in [-0.39, 0.29) is 11.5 Å². The summed E-state index contributed by atoms with van der Waals surface area (Å²) in [6.07, 6.45) is 1.22. The van der Waals surface area contributed by atoms with E-state index in [0.29, 0.717) is 25.5 Å². The van der Waals surface area contributed by atoms with Crippen LogP contribution in [-0.2, 0) is 24.2 Å². The van der Waals surface area contributed by atoms with E-state index in [1.165, 1.54) is 5.56 Å². The molecule has 158 valence electrons. The lowest BCUT2D eigenvalue weighted by Gasteiger charge is -2.18. The lowest BCUT2D eigenvalue weighted by molar-refractivity contribution is -0.120. The van der Waals surface area contributed by atoms with Crippen molar-refractivity contribution in [2.45, 2.75) is 66.5 Å². The van der Waals surface area contributed by atoms with Crippen LogP contribution in [-0.4, -0.2) is 34.4 Å². The van der Waals surface area contributed by atoms with Gasteiger partial charge >= 0.3 is 0 Å². The van der Waals surface area contributed by atoms with Gasteiger partial charge in [-0.05, 0) is 39.7 Å². The van der Waals surface area contributed by atoms with Gasteiger partial charge in [0.2, 0.25) is 5.91 Å². The molecule has 1 N–H and O–H groups in total. The van der Waals surface area contributed by atoms with Crippen LogP contribution in [0.3, 0.4) is 0 Å². The van der Waals surface area contributed by atoms with Crippen LogP contribution in [0.15, 0.2) is 18.2 Å². The zero-order valence-electron chi connectivity index (χ0n) is 18.5. The monoisotopic (exact) mass is 399 g/mol. The highest BCUT2D eigenvalue weighted by atomic mass is 16.5. The maximum Gasteiger partial charge on any atom is 0.224 e. The Morgan fingerprint density at radius 3 is 2.83 bits per heavy atom. The summed E-state index contributed by atoms with van der Waals surface area (Å²) in [6, 6.07) is 5.97. The number of amides is 1. The van der Waals surface area contributed by atoms with E-state index in [1.54, 1.807) is 0 Å². The highest BCUT2D eigenvalue weighted by Crippen LogP contribution is 2.41. The maximum atomic E-state index is 12.4. The highest BCUT2D eigenvalue weighted by Gasteiger charge is 2.32. The predicted molar refractivity (Wildman–Crippen MR) is 114 cm³/mol. The quantitative estimate of drug-likeness (QED) is 0.689. The summed E-state index contributed by atoms with van der Waals surface area (Å²) in [5.41, 5.74) is 3.98. The lowest BCUT2D eigenvalue weighted by atomic mass is 10.0. The third kappa shape index (κ3) is 5.11. The van der Waals surface area contributed by atoms with Gasteiger partial charge in [-0.1, -0.05) is 26.0 Å². The van der Waals surface area contributed by atoms with E-state index >= 15 is 0 Å². The van der Waals surface area contributed by atoms with Gasteiger partial charge in [0.15, 0.2) is 11.5 Å². The molecule has 1 aromatic carbocycles. The van der Waals surface area contributed by atoms with Crippen molar-refractivity contribution in [2.24, 2.45) is 5.92 Å². The molecule has 1 amide bonds. The summed E-state index contributed by atoms with van der Waals surface area (Å²) >= 11 is 0. The number of fused-ring (bicyclic) bond motifs is 1. The number of para-hydroxylation sites is 1. The average molecular weight is 400 g/mol. The molecule has 1 aliphatic heterocycles. The molecule has 2 aromatic rings. The van der Waals surface area contributed by atoms with Gasteiger partial charge in [0, 0.05) is 29.8 Å². The first kappa shape index (κ1) is 21.2. The van der Waals surface area contributed by atoms with Crippen molar-refractivity contribution < 1.29 is 14.3 Å². The molecule has 0 unspecified atom stereocenters. The molecule has 3 rings (SSSR count). The highest BCUT2D eigenvalue weighted by molar-refractivity contribution is 5.79. The topological polar surface area (TPSA) is 65.4 Å². The average Bonchev–Trinajstić information content (AvgIpc) is 3.08.